The highest BCUT2D eigenvalue weighted by atomic mass is 127. The SMILES string of the molecule is CCc1ccc(CCNC(=NC)NCc2nnc3ccccn23)cc1.I. The second-order valence-electron chi connectivity index (χ2n) is 5.82. The monoisotopic (exact) mass is 464 g/mol. The van der Waals surface area contributed by atoms with Crippen LogP contribution in [0.2, 0.25) is 0 Å². The van der Waals surface area contributed by atoms with Gasteiger partial charge in [-0.05, 0) is 36.1 Å². The highest BCUT2D eigenvalue weighted by Crippen LogP contribution is 2.05. The van der Waals surface area contributed by atoms with E-state index in [1.165, 1.54) is 11.1 Å². The van der Waals surface area contributed by atoms with Gasteiger partial charge in [0.25, 0.3) is 0 Å². The van der Waals surface area contributed by atoms with E-state index < -0.39 is 0 Å². The zero-order valence-electron chi connectivity index (χ0n) is 15.1. The number of aromatic nitrogens is 3. The number of nitrogens with zero attached hydrogens (tertiary/aromatic N) is 4. The maximum Gasteiger partial charge on any atom is 0.191 e. The van der Waals surface area contributed by atoms with Gasteiger partial charge < -0.3 is 10.6 Å². The molecule has 2 N–H and O–H groups in total. The molecule has 0 saturated carbocycles. The Morgan fingerprint density at radius 3 is 2.54 bits per heavy atom. The molecule has 6 nitrogen and oxygen atoms in total. The summed E-state index contributed by atoms with van der Waals surface area (Å²) < 4.78 is 1.97. The van der Waals surface area contributed by atoms with Gasteiger partial charge in [-0.1, -0.05) is 37.3 Å². The van der Waals surface area contributed by atoms with Crippen LogP contribution in [0.25, 0.3) is 5.65 Å². The fourth-order valence-electron chi connectivity index (χ4n) is 2.66. The lowest BCUT2D eigenvalue weighted by Gasteiger charge is -2.11. The highest BCUT2D eigenvalue weighted by Gasteiger charge is 2.05. The Morgan fingerprint density at radius 1 is 1.04 bits per heavy atom. The quantitative estimate of drug-likeness (QED) is 0.335. The van der Waals surface area contributed by atoms with Crippen LogP contribution in [0.4, 0.5) is 0 Å². The fourth-order valence-corrected chi connectivity index (χ4v) is 2.66. The molecule has 3 aromatic rings. The van der Waals surface area contributed by atoms with E-state index in [0.717, 1.165) is 36.8 Å². The molecule has 3 rings (SSSR count). The lowest BCUT2D eigenvalue weighted by Crippen LogP contribution is -2.38. The normalized spacial score (nSPS) is 11.2. The predicted octanol–water partition coefficient (Wildman–Crippen LogP) is 2.82. The van der Waals surface area contributed by atoms with Crippen LogP contribution in [-0.4, -0.2) is 34.2 Å². The van der Waals surface area contributed by atoms with Crippen molar-refractivity contribution in [2.75, 3.05) is 13.6 Å². The molecule has 0 radical (unpaired) electrons. The number of guanidine groups is 1. The molecule has 0 unspecified atom stereocenters. The Bertz CT molecular complexity index is 841. The third-order valence-corrected chi connectivity index (χ3v) is 4.16. The lowest BCUT2D eigenvalue weighted by molar-refractivity contribution is 0.757. The van der Waals surface area contributed by atoms with E-state index in [2.05, 4.69) is 57.0 Å². The van der Waals surface area contributed by atoms with E-state index >= 15 is 0 Å². The van der Waals surface area contributed by atoms with Crippen molar-refractivity contribution >= 4 is 35.6 Å². The van der Waals surface area contributed by atoms with Crippen molar-refractivity contribution in [3.05, 3.63) is 65.6 Å². The summed E-state index contributed by atoms with van der Waals surface area (Å²) in [5.41, 5.74) is 3.54. The summed E-state index contributed by atoms with van der Waals surface area (Å²) in [6, 6.07) is 14.6. The minimum absolute atomic E-state index is 0. The molecule has 0 atom stereocenters. The first kappa shape index (κ1) is 20.2. The van der Waals surface area contributed by atoms with Crippen molar-refractivity contribution in [2.24, 2.45) is 4.99 Å². The standard InChI is InChI=1S/C19H24N6.HI/c1-3-15-7-9-16(10-8-15)11-12-21-19(20-2)22-14-18-24-23-17-6-4-5-13-25(17)18;/h4-10,13H,3,11-12,14H2,1-2H3,(H2,20,21,22);1H. The van der Waals surface area contributed by atoms with Crippen LogP contribution in [-0.2, 0) is 19.4 Å². The number of hydrogen-bond donors (Lipinski definition) is 2. The summed E-state index contributed by atoms with van der Waals surface area (Å²) in [5.74, 6) is 1.62. The van der Waals surface area contributed by atoms with Crippen LogP contribution in [0.15, 0.2) is 53.7 Å². The molecule has 2 heterocycles. The van der Waals surface area contributed by atoms with Crippen LogP contribution in [0, 0.1) is 0 Å². The molecule has 2 aromatic heterocycles. The van der Waals surface area contributed by atoms with Crippen molar-refractivity contribution in [3.63, 3.8) is 0 Å². The number of benzene rings is 1. The van der Waals surface area contributed by atoms with Gasteiger partial charge in [0, 0.05) is 19.8 Å². The summed E-state index contributed by atoms with van der Waals surface area (Å²) in [7, 11) is 1.77. The largest absolute Gasteiger partial charge is 0.356 e. The number of aliphatic imine (C=N–C) groups is 1. The van der Waals surface area contributed by atoms with Gasteiger partial charge >= 0.3 is 0 Å². The van der Waals surface area contributed by atoms with Gasteiger partial charge in [-0.3, -0.25) is 9.39 Å². The van der Waals surface area contributed by atoms with Gasteiger partial charge in [0.2, 0.25) is 0 Å². The molecule has 7 heteroatoms. The number of pyridine rings is 1. The number of fused-ring (bicyclic) bond motifs is 1. The summed E-state index contributed by atoms with van der Waals surface area (Å²) in [5, 5.41) is 15.0. The molecular formula is C19H25IN6. The first-order chi connectivity index (χ1) is 12.3. The second kappa shape index (κ2) is 10.1. The Labute approximate surface area is 171 Å². The van der Waals surface area contributed by atoms with Crippen LogP contribution in [0.3, 0.4) is 0 Å². The third kappa shape index (κ3) is 5.17. The average molecular weight is 464 g/mol. The van der Waals surface area contributed by atoms with E-state index in [4.69, 9.17) is 0 Å². The summed E-state index contributed by atoms with van der Waals surface area (Å²) in [4.78, 5) is 4.26. The van der Waals surface area contributed by atoms with Gasteiger partial charge in [0.1, 0.15) is 0 Å². The van der Waals surface area contributed by atoms with Crippen molar-refractivity contribution in [1.29, 1.82) is 0 Å². The van der Waals surface area contributed by atoms with Crippen molar-refractivity contribution < 1.29 is 0 Å². The number of hydrogen-bond acceptors (Lipinski definition) is 3. The van der Waals surface area contributed by atoms with E-state index in [0.29, 0.717) is 6.54 Å². The van der Waals surface area contributed by atoms with Gasteiger partial charge in [-0.15, -0.1) is 34.2 Å². The highest BCUT2D eigenvalue weighted by molar-refractivity contribution is 14.0. The molecule has 0 fully saturated rings. The molecule has 138 valence electrons. The molecule has 0 saturated heterocycles. The first-order valence-corrected chi connectivity index (χ1v) is 8.61. The zero-order valence-corrected chi connectivity index (χ0v) is 17.5. The van der Waals surface area contributed by atoms with Gasteiger partial charge in [0.15, 0.2) is 17.4 Å². The first-order valence-electron chi connectivity index (χ1n) is 8.61. The summed E-state index contributed by atoms with van der Waals surface area (Å²) >= 11 is 0. The molecule has 1 aromatic carbocycles. The minimum Gasteiger partial charge on any atom is -0.356 e. The number of nitrogens with one attached hydrogen (secondary N) is 2. The Hall–Kier alpha value is -2.16. The topological polar surface area (TPSA) is 66.6 Å². The van der Waals surface area contributed by atoms with Crippen molar-refractivity contribution in [2.45, 2.75) is 26.3 Å². The second-order valence-corrected chi connectivity index (χ2v) is 5.82. The third-order valence-electron chi connectivity index (χ3n) is 4.16. The summed E-state index contributed by atoms with van der Waals surface area (Å²) in [6.07, 6.45) is 3.99. The lowest BCUT2D eigenvalue weighted by atomic mass is 10.1. The summed E-state index contributed by atoms with van der Waals surface area (Å²) in [6.45, 7) is 3.56. The molecule has 0 bridgehead atoms. The molecule has 0 amide bonds. The van der Waals surface area contributed by atoms with Crippen molar-refractivity contribution in [3.8, 4) is 0 Å². The van der Waals surface area contributed by atoms with Crippen LogP contribution in [0.1, 0.15) is 23.9 Å². The van der Waals surface area contributed by atoms with Crippen LogP contribution >= 0.6 is 24.0 Å². The smallest absolute Gasteiger partial charge is 0.191 e. The van der Waals surface area contributed by atoms with Crippen molar-refractivity contribution in [1.82, 2.24) is 25.2 Å². The molecule has 26 heavy (non-hydrogen) atoms. The van der Waals surface area contributed by atoms with Gasteiger partial charge in [-0.2, -0.15) is 0 Å². The van der Waals surface area contributed by atoms with E-state index in [1.54, 1.807) is 7.05 Å². The average Bonchev–Trinajstić information content (AvgIpc) is 3.08. The van der Waals surface area contributed by atoms with Crippen LogP contribution in [0.5, 0.6) is 0 Å². The van der Waals surface area contributed by atoms with E-state index in [9.17, 15) is 0 Å². The van der Waals surface area contributed by atoms with Gasteiger partial charge in [-0.25, -0.2) is 0 Å². The van der Waals surface area contributed by atoms with Gasteiger partial charge in [0.05, 0.1) is 6.54 Å². The molecule has 0 aliphatic rings. The zero-order chi connectivity index (χ0) is 17.5. The molecule has 0 aliphatic heterocycles. The van der Waals surface area contributed by atoms with E-state index in [1.807, 2.05) is 28.8 Å². The number of rotatable bonds is 6. The number of halogens is 1. The Balaban J connectivity index is 0.00000243. The molecular weight excluding hydrogens is 439 g/mol. The molecule has 0 aliphatic carbocycles. The predicted molar refractivity (Wildman–Crippen MR) is 116 cm³/mol. The maximum absolute atomic E-state index is 4.26. The Morgan fingerprint density at radius 2 is 1.81 bits per heavy atom. The molecule has 0 spiro atoms. The van der Waals surface area contributed by atoms with Crippen LogP contribution < -0.4 is 10.6 Å². The minimum atomic E-state index is 0. The van der Waals surface area contributed by atoms with E-state index in [-0.39, 0.29) is 24.0 Å². The Kier molecular flexibility index (Phi) is 7.83. The fraction of sp³-hybridized carbons (Fsp3) is 0.316. The maximum atomic E-state index is 4.26. The number of aryl methyl sites for hydroxylation is 1.